The Hall–Kier alpha value is -3.81. The lowest BCUT2D eigenvalue weighted by Crippen LogP contribution is -2.30. The maximum atomic E-state index is 13.6. The summed E-state index contributed by atoms with van der Waals surface area (Å²) in [5.41, 5.74) is 4.71. The summed E-state index contributed by atoms with van der Waals surface area (Å²) < 4.78 is 17.7. The Balaban J connectivity index is 1.78. The second kappa shape index (κ2) is 13.0. The zero-order valence-electron chi connectivity index (χ0n) is 22.7. The van der Waals surface area contributed by atoms with Crippen LogP contribution in [0, 0.1) is 6.92 Å². The van der Waals surface area contributed by atoms with Crippen LogP contribution >= 0.6 is 23.2 Å². The van der Waals surface area contributed by atoms with Crippen molar-refractivity contribution in [1.29, 1.82) is 0 Å². The van der Waals surface area contributed by atoms with Gasteiger partial charge in [0.15, 0.2) is 6.10 Å². The minimum absolute atomic E-state index is 0.195. The molecule has 0 aliphatic heterocycles. The number of nitrogens with zero attached hydrogens (tertiary/aromatic N) is 2. The van der Waals surface area contributed by atoms with E-state index in [0.29, 0.717) is 21.5 Å². The lowest BCUT2D eigenvalue weighted by atomic mass is 9.92. The van der Waals surface area contributed by atoms with Gasteiger partial charge in [0, 0.05) is 17.7 Å². The Labute approximate surface area is 243 Å². The fourth-order valence-corrected chi connectivity index (χ4v) is 4.60. The molecule has 0 amide bonds. The summed E-state index contributed by atoms with van der Waals surface area (Å²) >= 11 is 12.4. The number of hydrogen-bond acceptors (Lipinski definition) is 6. The minimum atomic E-state index is -1.04. The Morgan fingerprint density at radius 2 is 1.70 bits per heavy atom. The third kappa shape index (κ3) is 6.84. The smallest absolute Gasteiger partial charge is 0.347 e. The number of carbonyl (C=O) groups is 2. The first-order valence-corrected chi connectivity index (χ1v) is 13.6. The molecule has 7 nitrogen and oxygen atoms in total. The van der Waals surface area contributed by atoms with Gasteiger partial charge >= 0.3 is 11.9 Å². The van der Waals surface area contributed by atoms with Gasteiger partial charge in [-0.1, -0.05) is 59.1 Å². The van der Waals surface area contributed by atoms with Crippen molar-refractivity contribution < 1.29 is 23.8 Å². The van der Waals surface area contributed by atoms with Gasteiger partial charge in [0.2, 0.25) is 0 Å². The molecule has 1 heterocycles. The molecule has 4 rings (SSSR count). The van der Waals surface area contributed by atoms with E-state index in [1.54, 1.807) is 30.8 Å². The van der Waals surface area contributed by atoms with Crippen molar-refractivity contribution in [2.75, 3.05) is 13.7 Å². The summed E-state index contributed by atoms with van der Waals surface area (Å²) in [5.74, 6) is -1.14. The fraction of sp³-hybridized carbons (Fsp3) is 0.258. The normalized spacial score (nSPS) is 12.4. The molecular formula is C31H30Cl2N2O5. The topological polar surface area (TPSA) is 79.7 Å². The van der Waals surface area contributed by atoms with Crippen molar-refractivity contribution in [3.63, 3.8) is 0 Å². The molecule has 0 saturated carbocycles. The van der Waals surface area contributed by atoms with Crippen molar-refractivity contribution in [2.45, 2.75) is 39.2 Å². The summed E-state index contributed by atoms with van der Waals surface area (Å²) in [6.07, 6.45) is -0.795. The zero-order chi connectivity index (χ0) is 28.8. The molecular weight excluding hydrogens is 551 g/mol. The highest BCUT2D eigenvalue weighted by Crippen LogP contribution is 2.32. The van der Waals surface area contributed by atoms with E-state index >= 15 is 0 Å². The van der Waals surface area contributed by atoms with Gasteiger partial charge in [-0.15, -0.1) is 0 Å². The van der Waals surface area contributed by atoms with Gasteiger partial charge in [-0.05, 0) is 68.8 Å². The van der Waals surface area contributed by atoms with Gasteiger partial charge in [0.1, 0.15) is 5.75 Å². The molecule has 2 atom stereocenters. The van der Waals surface area contributed by atoms with Crippen LogP contribution in [0.4, 0.5) is 0 Å². The number of benzene rings is 3. The molecule has 0 bridgehead atoms. The molecule has 0 fully saturated rings. The number of esters is 2. The maximum absolute atomic E-state index is 13.6. The highest BCUT2D eigenvalue weighted by atomic mass is 35.5. The number of halogens is 2. The standard InChI is InChI=1S/C31H30Cl2N2O5/c1-5-39-30(36)20(3)40-31(37)26(21-8-6-7-19(2)15-21)17-24-18-29(22-9-14-27(32)28(33)16-22)34-35(24)23-10-12-25(38-4)13-11-23/h6-16,18,20,26H,5,17H2,1-4H3/t20-,26-/m0/s1. The molecule has 0 radical (unpaired) electrons. The first-order chi connectivity index (χ1) is 19.2. The van der Waals surface area contributed by atoms with Crippen LogP contribution in [0.2, 0.25) is 10.0 Å². The predicted molar refractivity (Wildman–Crippen MR) is 155 cm³/mol. The molecule has 1 aromatic heterocycles. The number of aromatic nitrogens is 2. The molecule has 40 heavy (non-hydrogen) atoms. The van der Waals surface area contributed by atoms with E-state index < -0.39 is 24.0 Å². The Bertz CT molecular complexity index is 1500. The van der Waals surface area contributed by atoms with Gasteiger partial charge in [-0.3, -0.25) is 4.79 Å². The van der Waals surface area contributed by atoms with Gasteiger partial charge in [0.05, 0.1) is 41.1 Å². The molecule has 0 N–H and O–H groups in total. The lowest BCUT2D eigenvalue weighted by molar-refractivity contribution is -0.167. The van der Waals surface area contributed by atoms with E-state index in [1.165, 1.54) is 6.92 Å². The molecule has 0 saturated heterocycles. The highest BCUT2D eigenvalue weighted by molar-refractivity contribution is 6.42. The molecule has 0 aliphatic rings. The van der Waals surface area contributed by atoms with Crippen LogP contribution in [-0.4, -0.2) is 41.5 Å². The number of hydrogen-bond donors (Lipinski definition) is 0. The van der Waals surface area contributed by atoms with Crippen LogP contribution in [0.1, 0.15) is 36.6 Å². The average molecular weight is 581 g/mol. The van der Waals surface area contributed by atoms with E-state index in [1.807, 2.05) is 67.6 Å². The third-order valence-corrected chi connectivity index (χ3v) is 7.11. The molecule has 0 aliphatic carbocycles. The lowest BCUT2D eigenvalue weighted by Gasteiger charge is -2.20. The number of ether oxygens (including phenoxy) is 3. The van der Waals surface area contributed by atoms with Crippen LogP contribution in [-0.2, 0) is 25.5 Å². The largest absolute Gasteiger partial charge is 0.497 e. The van der Waals surface area contributed by atoms with E-state index in [0.717, 1.165) is 28.1 Å². The molecule has 4 aromatic rings. The van der Waals surface area contributed by atoms with Crippen LogP contribution in [0.3, 0.4) is 0 Å². The summed E-state index contributed by atoms with van der Waals surface area (Å²) in [6, 6.07) is 22.3. The Kier molecular flexibility index (Phi) is 9.50. The predicted octanol–water partition coefficient (Wildman–Crippen LogP) is 6.98. The van der Waals surface area contributed by atoms with Crippen LogP contribution in [0.15, 0.2) is 72.8 Å². The Morgan fingerprint density at radius 3 is 2.35 bits per heavy atom. The number of aryl methyl sites for hydroxylation is 1. The van der Waals surface area contributed by atoms with Crippen molar-refractivity contribution in [3.05, 3.63) is 99.7 Å². The van der Waals surface area contributed by atoms with Crippen molar-refractivity contribution >= 4 is 35.1 Å². The van der Waals surface area contributed by atoms with Crippen LogP contribution in [0.5, 0.6) is 5.75 Å². The van der Waals surface area contributed by atoms with E-state index in [-0.39, 0.29) is 13.0 Å². The van der Waals surface area contributed by atoms with E-state index in [4.69, 9.17) is 42.5 Å². The summed E-state index contributed by atoms with van der Waals surface area (Å²) in [7, 11) is 1.60. The molecule has 0 spiro atoms. The third-order valence-electron chi connectivity index (χ3n) is 6.37. The average Bonchev–Trinajstić information content (AvgIpc) is 3.37. The summed E-state index contributed by atoms with van der Waals surface area (Å²) in [6.45, 7) is 5.36. The SMILES string of the molecule is CCOC(=O)[C@H](C)OC(=O)[C@@H](Cc1cc(-c2ccc(Cl)c(Cl)c2)nn1-c1ccc(OC)cc1)c1cccc(C)c1. The summed E-state index contributed by atoms with van der Waals surface area (Å²) in [4.78, 5) is 25.8. The quantitative estimate of drug-likeness (QED) is 0.188. The first kappa shape index (κ1) is 29.2. The van der Waals surface area contributed by atoms with E-state index in [9.17, 15) is 9.59 Å². The highest BCUT2D eigenvalue weighted by Gasteiger charge is 2.29. The van der Waals surface area contributed by atoms with Gasteiger partial charge in [0.25, 0.3) is 0 Å². The maximum Gasteiger partial charge on any atom is 0.347 e. The minimum Gasteiger partial charge on any atom is -0.497 e. The van der Waals surface area contributed by atoms with Crippen LogP contribution < -0.4 is 4.74 Å². The monoisotopic (exact) mass is 580 g/mol. The molecule has 0 unspecified atom stereocenters. The van der Waals surface area contributed by atoms with Crippen molar-refractivity contribution in [3.8, 4) is 22.7 Å². The van der Waals surface area contributed by atoms with Crippen LogP contribution in [0.25, 0.3) is 16.9 Å². The molecule has 208 valence electrons. The fourth-order valence-electron chi connectivity index (χ4n) is 4.31. The number of carbonyl (C=O) groups excluding carboxylic acids is 2. The number of methoxy groups -OCH3 is 1. The second-order valence-electron chi connectivity index (χ2n) is 9.26. The Morgan fingerprint density at radius 1 is 0.950 bits per heavy atom. The van der Waals surface area contributed by atoms with Crippen molar-refractivity contribution in [1.82, 2.24) is 9.78 Å². The van der Waals surface area contributed by atoms with Gasteiger partial charge < -0.3 is 14.2 Å². The first-order valence-electron chi connectivity index (χ1n) is 12.8. The van der Waals surface area contributed by atoms with Crippen molar-refractivity contribution in [2.24, 2.45) is 0 Å². The molecule has 3 aromatic carbocycles. The van der Waals surface area contributed by atoms with E-state index in [2.05, 4.69) is 0 Å². The van der Waals surface area contributed by atoms with Gasteiger partial charge in [-0.25, -0.2) is 9.48 Å². The second-order valence-corrected chi connectivity index (χ2v) is 10.1. The summed E-state index contributed by atoms with van der Waals surface area (Å²) in [5, 5.41) is 5.72. The van der Waals surface area contributed by atoms with Gasteiger partial charge in [-0.2, -0.15) is 5.10 Å². The number of rotatable bonds is 10. The zero-order valence-corrected chi connectivity index (χ0v) is 24.2. The molecule has 9 heteroatoms.